The normalized spacial score (nSPS) is 24.3. The number of hydrazine groups is 1. The van der Waals surface area contributed by atoms with E-state index in [1.807, 2.05) is 0 Å². The molecule has 0 aromatic carbocycles. The quantitative estimate of drug-likeness (QED) is 0.558. The highest BCUT2D eigenvalue weighted by atomic mass is 16.6. The van der Waals surface area contributed by atoms with E-state index in [0.29, 0.717) is 4.90 Å². The van der Waals surface area contributed by atoms with Crippen LogP contribution in [0.5, 0.6) is 0 Å². The van der Waals surface area contributed by atoms with Gasteiger partial charge in [-0.1, -0.05) is 0 Å². The third-order valence-corrected chi connectivity index (χ3v) is 3.09. The maximum Gasteiger partial charge on any atom is 0.418 e. The second kappa shape index (κ2) is 3.44. The van der Waals surface area contributed by atoms with Crippen molar-refractivity contribution in [3.63, 3.8) is 0 Å². The summed E-state index contributed by atoms with van der Waals surface area (Å²) in [6, 6.07) is -1.46. The molecule has 4 amide bonds. The van der Waals surface area contributed by atoms with Crippen molar-refractivity contribution in [1.82, 2.24) is 14.9 Å². The Kier molecular flexibility index (Phi) is 2.36. The lowest BCUT2D eigenvalue weighted by molar-refractivity contribution is -0.142. The first-order valence-corrected chi connectivity index (χ1v) is 5.30. The van der Waals surface area contributed by atoms with Crippen molar-refractivity contribution in [2.75, 3.05) is 14.1 Å². The molecule has 0 radical (unpaired) electrons. The van der Waals surface area contributed by atoms with E-state index in [4.69, 9.17) is 4.74 Å². The minimum absolute atomic E-state index is 0.588. The average molecular weight is 255 g/mol. The van der Waals surface area contributed by atoms with Crippen molar-refractivity contribution >= 4 is 23.8 Å². The Bertz CT molecular complexity index is 452. The van der Waals surface area contributed by atoms with Gasteiger partial charge in [0.1, 0.15) is 0 Å². The molecule has 0 aromatic heterocycles. The first-order chi connectivity index (χ1) is 8.18. The van der Waals surface area contributed by atoms with Gasteiger partial charge in [0.2, 0.25) is 6.04 Å². The zero-order chi connectivity index (χ0) is 13.8. The van der Waals surface area contributed by atoms with Crippen LogP contribution >= 0.6 is 0 Å². The van der Waals surface area contributed by atoms with Gasteiger partial charge in [-0.05, 0) is 13.8 Å². The predicted molar refractivity (Wildman–Crippen MR) is 56.7 cm³/mol. The third-order valence-electron chi connectivity index (χ3n) is 3.09. The van der Waals surface area contributed by atoms with Gasteiger partial charge in [-0.2, -0.15) is 0 Å². The summed E-state index contributed by atoms with van der Waals surface area (Å²) in [6.07, 6.45) is -0.972. The fraction of sp³-hybridized carbons (Fsp3) is 0.600. The van der Waals surface area contributed by atoms with Gasteiger partial charge in [0.25, 0.3) is 17.7 Å². The van der Waals surface area contributed by atoms with Crippen LogP contribution in [0, 0.1) is 0 Å². The van der Waals surface area contributed by atoms with Gasteiger partial charge in [-0.15, -0.1) is 0 Å². The molecule has 8 heteroatoms. The lowest BCUT2D eigenvalue weighted by Crippen LogP contribution is -2.49. The molecular weight excluding hydrogens is 242 g/mol. The van der Waals surface area contributed by atoms with Crippen LogP contribution in [-0.4, -0.2) is 64.5 Å². The Morgan fingerprint density at radius 1 is 1.00 bits per heavy atom. The van der Waals surface area contributed by atoms with E-state index in [9.17, 15) is 19.2 Å². The largest absolute Gasteiger partial charge is 0.433 e. The van der Waals surface area contributed by atoms with Crippen LogP contribution in [0.4, 0.5) is 4.79 Å². The number of imide groups is 1. The number of carbonyl (C=O) groups excluding carboxylic acids is 4. The Balaban J connectivity index is 2.39. The molecule has 0 bridgehead atoms. The molecule has 0 saturated carbocycles. The molecule has 2 aliphatic heterocycles. The van der Waals surface area contributed by atoms with E-state index in [2.05, 4.69) is 0 Å². The standard InChI is InChI=1S/C10H13N3O5/c1-10(2)8(16)13(9(17)18-10)5-6(14)11(3)12(4)7(5)15/h5H,1-4H3. The van der Waals surface area contributed by atoms with Gasteiger partial charge in [0, 0.05) is 14.1 Å². The van der Waals surface area contributed by atoms with Crippen molar-refractivity contribution in [2.24, 2.45) is 0 Å². The van der Waals surface area contributed by atoms with E-state index >= 15 is 0 Å². The van der Waals surface area contributed by atoms with Gasteiger partial charge < -0.3 is 4.74 Å². The van der Waals surface area contributed by atoms with Crippen LogP contribution in [0.25, 0.3) is 0 Å². The van der Waals surface area contributed by atoms with Crippen LogP contribution in [0.2, 0.25) is 0 Å². The minimum Gasteiger partial charge on any atom is -0.433 e. The minimum atomic E-state index is -1.46. The molecule has 2 saturated heterocycles. The molecule has 0 aliphatic carbocycles. The van der Waals surface area contributed by atoms with Gasteiger partial charge in [-0.3, -0.25) is 24.4 Å². The highest BCUT2D eigenvalue weighted by molar-refractivity contribution is 6.16. The van der Waals surface area contributed by atoms with E-state index < -0.39 is 35.5 Å². The van der Waals surface area contributed by atoms with Crippen LogP contribution in [0.1, 0.15) is 13.8 Å². The van der Waals surface area contributed by atoms with Crippen molar-refractivity contribution in [2.45, 2.75) is 25.5 Å². The molecule has 2 rings (SSSR count). The van der Waals surface area contributed by atoms with E-state index in [0.717, 1.165) is 10.0 Å². The summed E-state index contributed by atoms with van der Waals surface area (Å²) >= 11 is 0. The molecule has 2 heterocycles. The summed E-state index contributed by atoms with van der Waals surface area (Å²) < 4.78 is 4.85. The first kappa shape index (κ1) is 12.3. The number of hydrogen-bond acceptors (Lipinski definition) is 5. The highest BCUT2D eigenvalue weighted by Crippen LogP contribution is 2.28. The third kappa shape index (κ3) is 1.38. The molecule has 2 aliphatic rings. The van der Waals surface area contributed by atoms with Gasteiger partial charge in [-0.25, -0.2) is 9.69 Å². The zero-order valence-corrected chi connectivity index (χ0v) is 10.5. The summed E-state index contributed by atoms with van der Waals surface area (Å²) in [6.45, 7) is 2.81. The molecule has 0 spiro atoms. The Labute approximate surface area is 103 Å². The maximum absolute atomic E-state index is 12.0. The number of ether oxygens (including phenoxy) is 1. The number of rotatable bonds is 1. The Morgan fingerprint density at radius 2 is 1.44 bits per heavy atom. The van der Waals surface area contributed by atoms with Crippen molar-refractivity contribution in [1.29, 1.82) is 0 Å². The molecule has 0 atom stereocenters. The number of nitrogens with zero attached hydrogens (tertiary/aromatic N) is 3. The summed E-state index contributed by atoms with van der Waals surface area (Å²) in [5.41, 5.74) is -1.35. The van der Waals surface area contributed by atoms with Gasteiger partial charge in [0.15, 0.2) is 5.60 Å². The number of cyclic esters (lactones) is 1. The Hall–Kier alpha value is -2.12. The number of hydrogen-bond donors (Lipinski definition) is 0. The summed E-state index contributed by atoms with van der Waals surface area (Å²) in [4.78, 5) is 47.9. The second-order valence-corrected chi connectivity index (χ2v) is 4.68. The van der Waals surface area contributed by atoms with Crippen molar-refractivity contribution in [3.05, 3.63) is 0 Å². The molecule has 18 heavy (non-hydrogen) atoms. The lowest BCUT2D eigenvalue weighted by Gasteiger charge is -2.17. The zero-order valence-electron chi connectivity index (χ0n) is 10.5. The smallest absolute Gasteiger partial charge is 0.418 e. The molecule has 0 unspecified atom stereocenters. The van der Waals surface area contributed by atoms with Crippen LogP contribution in [0.15, 0.2) is 0 Å². The molecule has 0 N–H and O–H groups in total. The molecule has 98 valence electrons. The average Bonchev–Trinajstić information content (AvgIpc) is 2.58. The molecule has 2 fully saturated rings. The molecule has 0 aromatic rings. The predicted octanol–water partition coefficient (Wildman–Crippen LogP) is -1.04. The molecular formula is C10H13N3O5. The van der Waals surface area contributed by atoms with Crippen LogP contribution < -0.4 is 0 Å². The highest BCUT2D eigenvalue weighted by Gasteiger charge is 2.57. The molecule has 8 nitrogen and oxygen atoms in total. The van der Waals surface area contributed by atoms with Crippen LogP contribution in [-0.2, 0) is 19.1 Å². The monoisotopic (exact) mass is 255 g/mol. The first-order valence-electron chi connectivity index (χ1n) is 5.30. The summed E-state index contributed by atoms with van der Waals surface area (Å²) in [5.74, 6) is -1.96. The van der Waals surface area contributed by atoms with E-state index in [1.165, 1.54) is 27.9 Å². The number of carbonyl (C=O) groups is 4. The lowest BCUT2D eigenvalue weighted by atomic mass is 10.1. The van der Waals surface area contributed by atoms with E-state index in [1.54, 1.807) is 0 Å². The van der Waals surface area contributed by atoms with Crippen molar-refractivity contribution in [3.8, 4) is 0 Å². The number of amides is 4. The van der Waals surface area contributed by atoms with Gasteiger partial charge >= 0.3 is 6.09 Å². The van der Waals surface area contributed by atoms with Crippen LogP contribution in [0.3, 0.4) is 0 Å². The maximum atomic E-state index is 12.0. The fourth-order valence-electron chi connectivity index (χ4n) is 1.88. The summed E-state index contributed by atoms with van der Waals surface area (Å²) in [5, 5.41) is 2.11. The topological polar surface area (TPSA) is 87.2 Å². The summed E-state index contributed by atoms with van der Waals surface area (Å²) in [7, 11) is 2.77. The number of likely N-dealkylation sites (N-methyl/N-ethyl adjacent to an activating group) is 2. The Morgan fingerprint density at radius 3 is 1.78 bits per heavy atom. The SMILES string of the molecule is CN1C(=O)C(N2C(=O)OC(C)(C)C2=O)C(=O)N1C. The van der Waals surface area contributed by atoms with Crippen molar-refractivity contribution < 1.29 is 23.9 Å². The van der Waals surface area contributed by atoms with Gasteiger partial charge in [0.05, 0.1) is 0 Å². The fourth-order valence-corrected chi connectivity index (χ4v) is 1.88. The van der Waals surface area contributed by atoms with E-state index in [-0.39, 0.29) is 0 Å². The second-order valence-electron chi connectivity index (χ2n) is 4.68.